The van der Waals surface area contributed by atoms with Crippen molar-refractivity contribution in [1.29, 1.82) is 0 Å². The molecule has 0 aliphatic heterocycles. The van der Waals surface area contributed by atoms with Gasteiger partial charge < -0.3 is 4.74 Å². The Balaban J connectivity index is 1.71. The second-order valence-electron chi connectivity index (χ2n) is 5.33. The van der Waals surface area contributed by atoms with Gasteiger partial charge in [0.05, 0.1) is 11.0 Å². The summed E-state index contributed by atoms with van der Waals surface area (Å²) in [7, 11) is 0. The number of aromatic nitrogens is 4. The normalized spacial score (nSPS) is 10.8. The Morgan fingerprint density at radius 3 is 2.62 bits per heavy atom. The van der Waals surface area contributed by atoms with E-state index in [0.717, 1.165) is 5.56 Å². The largest absolute Gasteiger partial charge is 0.437 e. The molecule has 0 aliphatic carbocycles. The number of hydrogen-bond donors (Lipinski definition) is 0. The number of nitro benzene ring substituents is 1. The maximum absolute atomic E-state index is 10.9. The summed E-state index contributed by atoms with van der Waals surface area (Å²) in [5, 5.41) is 24.1. The number of non-ortho nitro benzene ring substituents is 1. The van der Waals surface area contributed by atoms with E-state index in [1.165, 1.54) is 16.6 Å². The maximum Gasteiger partial charge on any atom is 0.273 e. The summed E-state index contributed by atoms with van der Waals surface area (Å²) in [4.78, 5) is 10.4. The van der Waals surface area contributed by atoms with E-state index in [-0.39, 0.29) is 11.6 Å². The van der Waals surface area contributed by atoms with Gasteiger partial charge in [-0.25, -0.2) is 0 Å². The summed E-state index contributed by atoms with van der Waals surface area (Å²) < 4.78 is 7.18. The SMILES string of the molecule is O=[N+]([O-])c1cccc(Oc2ccc3nnc(-c4ccc(Cl)cc4)n3n2)c1. The first-order valence-corrected chi connectivity index (χ1v) is 7.89. The van der Waals surface area contributed by atoms with Crippen LogP contribution in [0, 0.1) is 10.1 Å². The van der Waals surface area contributed by atoms with E-state index >= 15 is 0 Å². The van der Waals surface area contributed by atoms with Crippen molar-refractivity contribution in [3.63, 3.8) is 0 Å². The van der Waals surface area contributed by atoms with Crippen LogP contribution in [-0.4, -0.2) is 24.7 Å². The van der Waals surface area contributed by atoms with E-state index in [4.69, 9.17) is 16.3 Å². The van der Waals surface area contributed by atoms with Crippen LogP contribution in [0.25, 0.3) is 17.0 Å². The Hall–Kier alpha value is -3.52. The monoisotopic (exact) mass is 367 g/mol. The van der Waals surface area contributed by atoms with Crippen molar-refractivity contribution >= 4 is 22.9 Å². The summed E-state index contributed by atoms with van der Waals surface area (Å²) >= 11 is 5.92. The molecular formula is C17H10ClN5O3. The van der Waals surface area contributed by atoms with E-state index in [1.54, 1.807) is 36.4 Å². The predicted octanol–water partition coefficient (Wildman–Crippen LogP) is 4.15. The van der Waals surface area contributed by atoms with Gasteiger partial charge in [0.15, 0.2) is 11.5 Å². The van der Waals surface area contributed by atoms with Crippen LogP contribution < -0.4 is 4.74 Å². The highest BCUT2D eigenvalue weighted by Gasteiger charge is 2.12. The molecule has 0 N–H and O–H groups in total. The van der Waals surface area contributed by atoms with Crippen LogP contribution in [0.5, 0.6) is 11.6 Å². The molecule has 0 amide bonds. The first kappa shape index (κ1) is 16.0. The van der Waals surface area contributed by atoms with Crippen molar-refractivity contribution in [3.05, 3.63) is 75.8 Å². The quantitative estimate of drug-likeness (QED) is 0.397. The van der Waals surface area contributed by atoms with Gasteiger partial charge in [-0.05, 0) is 36.4 Å². The molecule has 4 rings (SSSR count). The molecular weight excluding hydrogens is 358 g/mol. The van der Waals surface area contributed by atoms with Gasteiger partial charge in [-0.3, -0.25) is 10.1 Å². The lowest BCUT2D eigenvalue weighted by atomic mass is 10.2. The molecule has 0 unspecified atom stereocenters. The Labute approximate surface area is 151 Å². The van der Waals surface area contributed by atoms with Crippen LogP contribution in [0.4, 0.5) is 5.69 Å². The minimum absolute atomic E-state index is 0.0604. The molecule has 2 aromatic carbocycles. The standard InChI is InChI=1S/C17H10ClN5O3/c18-12-6-4-11(5-7-12)17-20-19-15-8-9-16(21-22(15)17)26-14-3-1-2-13(10-14)23(24)25/h1-10H. The molecule has 4 aromatic rings. The molecule has 8 nitrogen and oxygen atoms in total. The number of benzene rings is 2. The Kier molecular flexibility index (Phi) is 3.94. The minimum atomic E-state index is -0.484. The van der Waals surface area contributed by atoms with Crippen molar-refractivity contribution in [2.45, 2.75) is 0 Å². The zero-order valence-electron chi connectivity index (χ0n) is 13.1. The zero-order chi connectivity index (χ0) is 18.1. The van der Waals surface area contributed by atoms with E-state index in [0.29, 0.717) is 22.2 Å². The van der Waals surface area contributed by atoms with Crippen LogP contribution in [0.15, 0.2) is 60.7 Å². The third-order valence-corrected chi connectivity index (χ3v) is 3.84. The molecule has 0 bridgehead atoms. The Morgan fingerprint density at radius 1 is 1.04 bits per heavy atom. The highest BCUT2D eigenvalue weighted by atomic mass is 35.5. The molecule has 0 spiro atoms. The third-order valence-electron chi connectivity index (χ3n) is 3.59. The number of fused-ring (bicyclic) bond motifs is 1. The number of hydrogen-bond acceptors (Lipinski definition) is 6. The first-order valence-electron chi connectivity index (χ1n) is 7.51. The van der Waals surface area contributed by atoms with Gasteiger partial charge >= 0.3 is 0 Å². The van der Waals surface area contributed by atoms with Crippen molar-refractivity contribution in [3.8, 4) is 23.0 Å². The van der Waals surface area contributed by atoms with Crippen molar-refractivity contribution < 1.29 is 9.66 Å². The first-order chi connectivity index (χ1) is 12.6. The summed E-state index contributed by atoms with van der Waals surface area (Å²) in [6, 6.07) is 16.3. The average Bonchev–Trinajstić information content (AvgIpc) is 3.06. The van der Waals surface area contributed by atoms with Gasteiger partial charge in [0.25, 0.3) is 5.69 Å². The summed E-state index contributed by atoms with van der Waals surface area (Å²) in [5.74, 6) is 1.10. The fourth-order valence-corrected chi connectivity index (χ4v) is 2.51. The van der Waals surface area contributed by atoms with Crippen LogP contribution in [-0.2, 0) is 0 Å². The molecule has 128 valence electrons. The fraction of sp³-hybridized carbons (Fsp3) is 0. The molecule has 2 heterocycles. The number of ether oxygens (including phenoxy) is 1. The molecule has 0 radical (unpaired) electrons. The lowest BCUT2D eigenvalue weighted by Crippen LogP contribution is -1.98. The number of nitro groups is 1. The second kappa shape index (κ2) is 6.41. The number of nitrogens with zero attached hydrogens (tertiary/aromatic N) is 5. The van der Waals surface area contributed by atoms with Crippen LogP contribution in [0.3, 0.4) is 0 Å². The minimum Gasteiger partial charge on any atom is -0.437 e. The molecule has 0 saturated carbocycles. The van der Waals surface area contributed by atoms with Crippen LogP contribution >= 0.6 is 11.6 Å². The summed E-state index contributed by atoms with van der Waals surface area (Å²) in [6.45, 7) is 0. The lowest BCUT2D eigenvalue weighted by molar-refractivity contribution is -0.384. The molecule has 26 heavy (non-hydrogen) atoms. The third kappa shape index (κ3) is 3.05. The van der Waals surface area contributed by atoms with E-state index < -0.39 is 4.92 Å². The number of halogens is 1. The highest BCUT2D eigenvalue weighted by molar-refractivity contribution is 6.30. The van der Waals surface area contributed by atoms with Gasteiger partial charge in [0.1, 0.15) is 5.75 Å². The van der Waals surface area contributed by atoms with Crippen molar-refractivity contribution in [1.82, 2.24) is 19.8 Å². The van der Waals surface area contributed by atoms with Crippen molar-refractivity contribution in [2.75, 3.05) is 0 Å². The molecule has 0 aliphatic rings. The molecule has 0 fully saturated rings. The van der Waals surface area contributed by atoms with Gasteiger partial charge in [-0.15, -0.1) is 15.3 Å². The topological polar surface area (TPSA) is 95.5 Å². The van der Waals surface area contributed by atoms with Gasteiger partial charge in [-0.2, -0.15) is 4.52 Å². The molecule has 0 atom stereocenters. The van der Waals surface area contributed by atoms with Gasteiger partial charge in [0, 0.05) is 22.7 Å². The van der Waals surface area contributed by atoms with E-state index in [1.807, 2.05) is 12.1 Å². The van der Waals surface area contributed by atoms with E-state index in [2.05, 4.69) is 15.3 Å². The lowest BCUT2D eigenvalue weighted by Gasteiger charge is -2.05. The van der Waals surface area contributed by atoms with Crippen molar-refractivity contribution in [2.24, 2.45) is 0 Å². The molecule has 0 saturated heterocycles. The summed E-state index contributed by atoms with van der Waals surface area (Å²) in [5.41, 5.74) is 1.28. The number of rotatable bonds is 4. The second-order valence-corrected chi connectivity index (χ2v) is 5.77. The smallest absolute Gasteiger partial charge is 0.273 e. The molecule has 9 heteroatoms. The summed E-state index contributed by atoms with van der Waals surface area (Å²) in [6.07, 6.45) is 0. The highest BCUT2D eigenvalue weighted by Crippen LogP contribution is 2.25. The van der Waals surface area contributed by atoms with Gasteiger partial charge in [-0.1, -0.05) is 17.7 Å². The Bertz CT molecular complexity index is 1110. The van der Waals surface area contributed by atoms with E-state index in [9.17, 15) is 10.1 Å². The van der Waals surface area contributed by atoms with Crippen LogP contribution in [0.1, 0.15) is 0 Å². The van der Waals surface area contributed by atoms with Gasteiger partial charge in [0.2, 0.25) is 5.88 Å². The zero-order valence-corrected chi connectivity index (χ0v) is 13.9. The van der Waals surface area contributed by atoms with Crippen LogP contribution in [0.2, 0.25) is 5.02 Å². The fourth-order valence-electron chi connectivity index (χ4n) is 2.39. The Morgan fingerprint density at radius 2 is 1.85 bits per heavy atom. The maximum atomic E-state index is 10.9. The predicted molar refractivity (Wildman–Crippen MR) is 94.4 cm³/mol. The molecule has 2 aromatic heterocycles. The average molecular weight is 368 g/mol.